The van der Waals surface area contributed by atoms with Gasteiger partial charge in [-0.2, -0.15) is 0 Å². The standard InChI is InChI=1S/C15H17N3O2S/c1-20-13-4-2-3-11(7-13)8-17-14(19)10-21-15-6-5-12(16)9-18-15/h2-7,9H,8,10,16H2,1H3,(H,17,19). The number of hydrogen-bond acceptors (Lipinski definition) is 5. The Balaban J connectivity index is 1.78. The number of ether oxygens (including phenoxy) is 1. The lowest BCUT2D eigenvalue weighted by Gasteiger charge is -2.07. The van der Waals surface area contributed by atoms with Crippen LogP contribution in [0.2, 0.25) is 0 Å². The van der Waals surface area contributed by atoms with Gasteiger partial charge in [0.15, 0.2) is 0 Å². The van der Waals surface area contributed by atoms with E-state index in [0.717, 1.165) is 16.3 Å². The number of carbonyl (C=O) groups is 1. The lowest BCUT2D eigenvalue weighted by Crippen LogP contribution is -2.24. The molecule has 6 heteroatoms. The van der Waals surface area contributed by atoms with Crippen molar-refractivity contribution in [2.75, 3.05) is 18.6 Å². The first-order valence-corrected chi connectivity index (χ1v) is 7.40. The van der Waals surface area contributed by atoms with E-state index in [2.05, 4.69) is 10.3 Å². The second kappa shape index (κ2) is 7.54. The number of pyridine rings is 1. The van der Waals surface area contributed by atoms with Crippen LogP contribution in [0.25, 0.3) is 0 Å². The van der Waals surface area contributed by atoms with Gasteiger partial charge in [0, 0.05) is 6.54 Å². The first kappa shape index (κ1) is 15.2. The van der Waals surface area contributed by atoms with Crippen molar-refractivity contribution >= 4 is 23.4 Å². The van der Waals surface area contributed by atoms with Gasteiger partial charge in [-0.3, -0.25) is 4.79 Å². The topological polar surface area (TPSA) is 77.2 Å². The van der Waals surface area contributed by atoms with E-state index in [1.807, 2.05) is 24.3 Å². The van der Waals surface area contributed by atoms with Crippen molar-refractivity contribution in [2.24, 2.45) is 0 Å². The zero-order valence-electron chi connectivity index (χ0n) is 11.7. The Hall–Kier alpha value is -2.21. The van der Waals surface area contributed by atoms with Gasteiger partial charge in [0.25, 0.3) is 0 Å². The molecule has 0 aliphatic carbocycles. The fourth-order valence-corrected chi connectivity index (χ4v) is 2.32. The largest absolute Gasteiger partial charge is 0.497 e. The third kappa shape index (κ3) is 5.00. The van der Waals surface area contributed by atoms with Gasteiger partial charge in [-0.15, -0.1) is 0 Å². The highest BCUT2D eigenvalue weighted by Crippen LogP contribution is 2.16. The van der Waals surface area contributed by atoms with E-state index in [9.17, 15) is 4.79 Å². The van der Waals surface area contributed by atoms with Gasteiger partial charge in [0.1, 0.15) is 5.75 Å². The number of hydrogen-bond donors (Lipinski definition) is 2. The minimum Gasteiger partial charge on any atom is -0.497 e. The lowest BCUT2D eigenvalue weighted by molar-refractivity contribution is -0.118. The van der Waals surface area contributed by atoms with E-state index in [4.69, 9.17) is 10.5 Å². The van der Waals surface area contributed by atoms with Gasteiger partial charge < -0.3 is 15.8 Å². The summed E-state index contributed by atoms with van der Waals surface area (Å²) in [5.41, 5.74) is 7.17. The number of amides is 1. The predicted octanol–water partition coefficient (Wildman–Crippen LogP) is 2.08. The van der Waals surface area contributed by atoms with Crippen molar-refractivity contribution in [3.63, 3.8) is 0 Å². The Kier molecular flexibility index (Phi) is 5.45. The molecule has 0 atom stereocenters. The normalized spacial score (nSPS) is 10.1. The summed E-state index contributed by atoms with van der Waals surface area (Å²) >= 11 is 1.38. The first-order chi connectivity index (χ1) is 10.2. The second-order valence-electron chi connectivity index (χ2n) is 4.35. The number of nitrogen functional groups attached to an aromatic ring is 1. The summed E-state index contributed by atoms with van der Waals surface area (Å²) in [5.74, 6) is 1.06. The molecule has 2 rings (SSSR count). The zero-order valence-corrected chi connectivity index (χ0v) is 12.5. The lowest BCUT2D eigenvalue weighted by atomic mass is 10.2. The minimum absolute atomic E-state index is 0.0403. The first-order valence-electron chi connectivity index (χ1n) is 6.41. The van der Waals surface area contributed by atoms with Crippen molar-refractivity contribution in [1.82, 2.24) is 10.3 Å². The fourth-order valence-electron chi connectivity index (χ4n) is 1.65. The Morgan fingerprint density at radius 1 is 1.38 bits per heavy atom. The van der Waals surface area contributed by atoms with Crippen molar-refractivity contribution in [2.45, 2.75) is 11.6 Å². The van der Waals surface area contributed by atoms with Crippen LogP contribution in [0.4, 0.5) is 5.69 Å². The van der Waals surface area contributed by atoms with E-state index in [-0.39, 0.29) is 5.91 Å². The smallest absolute Gasteiger partial charge is 0.230 e. The van der Waals surface area contributed by atoms with Crippen LogP contribution in [0.3, 0.4) is 0 Å². The molecule has 2 aromatic rings. The van der Waals surface area contributed by atoms with Gasteiger partial charge in [-0.05, 0) is 29.8 Å². The van der Waals surface area contributed by atoms with Gasteiger partial charge in [-0.25, -0.2) is 4.98 Å². The maximum Gasteiger partial charge on any atom is 0.230 e. The van der Waals surface area contributed by atoms with Crippen LogP contribution in [-0.2, 0) is 11.3 Å². The van der Waals surface area contributed by atoms with Crippen LogP contribution < -0.4 is 15.8 Å². The zero-order chi connectivity index (χ0) is 15.1. The van der Waals surface area contributed by atoms with E-state index >= 15 is 0 Å². The van der Waals surface area contributed by atoms with Gasteiger partial charge in [0.05, 0.1) is 29.8 Å². The van der Waals surface area contributed by atoms with Crippen molar-refractivity contribution in [3.8, 4) is 5.75 Å². The maximum atomic E-state index is 11.8. The number of carbonyl (C=O) groups excluding carboxylic acids is 1. The molecular weight excluding hydrogens is 286 g/mol. The predicted molar refractivity (Wildman–Crippen MR) is 84.2 cm³/mol. The molecule has 0 bridgehead atoms. The molecule has 110 valence electrons. The van der Waals surface area contributed by atoms with E-state index in [1.54, 1.807) is 25.4 Å². The van der Waals surface area contributed by atoms with Crippen LogP contribution in [0.5, 0.6) is 5.75 Å². The molecule has 1 aromatic carbocycles. The number of thioether (sulfide) groups is 1. The number of benzene rings is 1. The summed E-state index contributed by atoms with van der Waals surface area (Å²) in [4.78, 5) is 15.9. The SMILES string of the molecule is COc1cccc(CNC(=O)CSc2ccc(N)cn2)c1. The average molecular weight is 303 g/mol. The number of nitrogens with zero attached hydrogens (tertiary/aromatic N) is 1. The molecule has 21 heavy (non-hydrogen) atoms. The van der Waals surface area contributed by atoms with E-state index < -0.39 is 0 Å². The van der Waals surface area contributed by atoms with Gasteiger partial charge in [-0.1, -0.05) is 23.9 Å². The quantitative estimate of drug-likeness (QED) is 0.799. The van der Waals surface area contributed by atoms with Crippen molar-refractivity contribution in [3.05, 3.63) is 48.2 Å². The Bertz CT molecular complexity index is 602. The van der Waals surface area contributed by atoms with Crippen molar-refractivity contribution < 1.29 is 9.53 Å². The highest BCUT2D eigenvalue weighted by molar-refractivity contribution is 7.99. The highest BCUT2D eigenvalue weighted by Gasteiger charge is 2.04. The third-order valence-electron chi connectivity index (χ3n) is 2.73. The number of aromatic nitrogens is 1. The summed E-state index contributed by atoms with van der Waals surface area (Å²) in [5, 5.41) is 3.64. The molecule has 0 saturated heterocycles. The second-order valence-corrected chi connectivity index (χ2v) is 5.34. The van der Waals surface area contributed by atoms with Gasteiger partial charge >= 0.3 is 0 Å². The Morgan fingerprint density at radius 3 is 2.95 bits per heavy atom. The van der Waals surface area contributed by atoms with Crippen LogP contribution in [0, 0.1) is 0 Å². The van der Waals surface area contributed by atoms with E-state index in [0.29, 0.717) is 18.0 Å². The Morgan fingerprint density at radius 2 is 2.24 bits per heavy atom. The monoisotopic (exact) mass is 303 g/mol. The molecule has 5 nitrogen and oxygen atoms in total. The van der Waals surface area contributed by atoms with Crippen LogP contribution in [0.1, 0.15) is 5.56 Å². The fraction of sp³-hybridized carbons (Fsp3) is 0.200. The number of nitrogens with one attached hydrogen (secondary N) is 1. The van der Waals surface area contributed by atoms with E-state index in [1.165, 1.54) is 11.8 Å². The Labute approximate surface area is 127 Å². The molecule has 1 heterocycles. The number of nitrogens with two attached hydrogens (primary N) is 1. The maximum absolute atomic E-state index is 11.8. The minimum atomic E-state index is -0.0403. The molecule has 0 radical (unpaired) electrons. The van der Waals surface area contributed by atoms with Crippen LogP contribution in [0.15, 0.2) is 47.6 Å². The summed E-state index contributed by atoms with van der Waals surface area (Å²) in [6, 6.07) is 11.2. The molecule has 0 fully saturated rings. The molecule has 1 amide bonds. The molecule has 0 unspecified atom stereocenters. The summed E-state index contributed by atoms with van der Waals surface area (Å²) < 4.78 is 5.14. The number of rotatable bonds is 6. The molecule has 0 spiro atoms. The summed E-state index contributed by atoms with van der Waals surface area (Å²) in [7, 11) is 1.62. The molecule has 3 N–H and O–H groups in total. The summed E-state index contributed by atoms with van der Waals surface area (Å²) in [6.45, 7) is 0.478. The van der Waals surface area contributed by atoms with Gasteiger partial charge in [0.2, 0.25) is 5.91 Å². The number of anilines is 1. The highest BCUT2D eigenvalue weighted by atomic mass is 32.2. The molecule has 0 saturated carbocycles. The van der Waals surface area contributed by atoms with Crippen molar-refractivity contribution in [1.29, 1.82) is 0 Å². The number of methoxy groups -OCH3 is 1. The van der Waals surface area contributed by atoms with Crippen LogP contribution in [-0.4, -0.2) is 23.8 Å². The molecule has 1 aromatic heterocycles. The molecule has 0 aliphatic rings. The summed E-state index contributed by atoms with van der Waals surface area (Å²) in [6.07, 6.45) is 1.58. The average Bonchev–Trinajstić information content (AvgIpc) is 2.52. The third-order valence-corrected chi connectivity index (χ3v) is 3.68. The molecule has 0 aliphatic heterocycles. The van der Waals surface area contributed by atoms with Crippen LogP contribution >= 0.6 is 11.8 Å². The molecular formula is C15H17N3O2S.